The van der Waals surface area contributed by atoms with E-state index in [1.54, 1.807) is 12.1 Å². The third-order valence-electron chi connectivity index (χ3n) is 4.71. The molecule has 1 N–H and O–H groups in total. The molecule has 0 aliphatic rings. The molecule has 2 heterocycles. The zero-order chi connectivity index (χ0) is 21.8. The Labute approximate surface area is 183 Å². The highest BCUT2D eigenvalue weighted by Crippen LogP contribution is 2.21. The SMILES string of the molecule is Cc1ccc(-c2noc(-c3ccc(=O)n(CC(=O)NCc4ccccc4Cl)c3)n2)cc1. The first-order valence-corrected chi connectivity index (χ1v) is 9.99. The first-order chi connectivity index (χ1) is 15.0. The monoisotopic (exact) mass is 434 g/mol. The van der Waals surface area contributed by atoms with Gasteiger partial charge in [0.2, 0.25) is 11.7 Å². The predicted octanol–water partition coefficient (Wildman–Crippen LogP) is 3.84. The van der Waals surface area contributed by atoms with Crippen molar-refractivity contribution in [3.63, 3.8) is 0 Å². The van der Waals surface area contributed by atoms with E-state index in [-0.39, 0.29) is 30.4 Å². The number of carbonyl (C=O) groups excluding carboxylic acids is 1. The minimum Gasteiger partial charge on any atom is -0.350 e. The topological polar surface area (TPSA) is 90.0 Å². The van der Waals surface area contributed by atoms with Gasteiger partial charge < -0.3 is 14.4 Å². The Morgan fingerprint density at radius 1 is 1.06 bits per heavy atom. The number of hydrogen-bond donors (Lipinski definition) is 1. The molecular formula is C23H19ClN4O3. The van der Waals surface area contributed by atoms with Crippen molar-refractivity contribution in [3.05, 3.63) is 93.4 Å². The van der Waals surface area contributed by atoms with Crippen LogP contribution in [-0.2, 0) is 17.9 Å². The Kier molecular flexibility index (Phi) is 5.95. The van der Waals surface area contributed by atoms with Crippen LogP contribution in [-0.4, -0.2) is 20.6 Å². The molecule has 156 valence electrons. The number of hydrogen-bond acceptors (Lipinski definition) is 5. The largest absolute Gasteiger partial charge is 0.350 e. The molecule has 1 amide bonds. The minimum atomic E-state index is -0.315. The van der Waals surface area contributed by atoms with Crippen molar-refractivity contribution in [2.75, 3.05) is 0 Å². The summed E-state index contributed by atoms with van der Waals surface area (Å²) in [7, 11) is 0. The van der Waals surface area contributed by atoms with Gasteiger partial charge in [0.25, 0.3) is 11.4 Å². The Balaban J connectivity index is 1.48. The highest BCUT2D eigenvalue weighted by molar-refractivity contribution is 6.31. The molecule has 0 bridgehead atoms. The van der Waals surface area contributed by atoms with E-state index in [2.05, 4.69) is 15.5 Å². The highest BCUT2D eigenvalue weighted by atomic mass is 35.5. The zero-order valence-corrected chi connectivity index (χ0v) is 17.5. The lowest BCUT2D eigenvalue weighted by atomic mass is 10.1. The summed E-state index contributed by atoms with van der Waals surface area (Å²) in [5.41, 5.74) is 2.99. The van der Waals surface area contributed by atoms with Crippen LogP contribution in [0.3, 0.4) is 0 Å². The number of carbonyl (C=O) groups is 1. The summed E-state index contributed by atoms with van der Waals surface area (Å²) >= 11 is 6.11. The van der Waals surface area contributed by atoms with Crippen LogP contribution in [0.5, 0.6) is 0 Å². The molecule has 4 rings (SSSR count). The summed E-state index contributed by atoms with van der Waals surface area (Å²) < 4.78 is 6.66. The maximum absolute atomic E-state index is 12.3. The van der Waals surface area contributed by atoms with Gasteiger partial charge >= 0.3 is 0 Å². The molecular weight excluding hydrogens is 416 g/mol. The number of benzene rings is 2. The second-order valence-electron chi connectivity index (χ2n) is 7.04. The van der Waals surface area contributed by atoms with Crippen LogP contribution in [0, 0.1) is 6.92 Å². The van der Waals surface area contributed by atoms with E-state index in [9.17, 15) is 9.59 Å². The van der Waals surface area contributed by atoms with Gasteiger partial charge in [0.1, 0.15) is 6.54 Å². The molecule has 0 saturated heterocycles. The molecule has 4 aromatic rings. The molecule has 0 spiro atoms. The third-order valence-corrected chi connectivity index (χ3v) is 5.08. The van der Waals surface area contributed by atoms with Gasteiger partial charge in [0, 0.05) is 29.4 Å². The van der Waals surface area contributed by atoms with Crippen LogP contribution in [0.2, 0.25) is 5.02 Å². The normalized spacial score (nSPS) is 10.8. The molecule has 2 aromatic heterocycles. The van der Waals surface area contributed by atoms with Gasteiger partial charge in [-0.25, -0.2) is 0 Å². The van der Waals surface area contributed by atoms with E-state index in [1.165, 1.54) is 16.8 Å². The van der Waals surface area contributed by atoms with Gasteiger partial charge in [0.15, 0.2) is 0 Å². The second kappa shape index (κ2) is 8.97. The van der Waals surface area contributed by atoms with Crippen LogP contribution in [0.4, 0.5) is 0 Å². The van der Waals surface area contributed by atoms with Crippen molar-refractivity contribution < 1.29 is 9.32 Å². The Hall–Kier alpha value is -3.71. The molecule has 8 heteroatoms. The fraction of sp³-hybridized carbons (Fsp3) is 0.130. The summed E-state index contributed by atoms with van der Waals surface area (Å²) in [6.07, 6.45) is 1.53. The molecule has 0 fully saturated rings. The smallest absolute Gasteiger partial charge is 0.259 e. The van der Waals surface area contributed by atoms with E-state index in [4.69, 9.17) is 16.1 Å². The summed E-state index contributed by atoms with van der Waals surface area (Å²) in [6.45, 7) is 2.13. The average Bonchev–Trinajstić information content (AvgIpc) is 3.25. The lowest BCUT2D eigenvalue weighted by molar-refractivity contribution is -0.121. The van der Waals surface area contributed by atoms with Gasteiger partial charge in [-0.3, -0.25) is 9.59 Å². The maximum atomic E-state index is 12.3. The molecule has 0 atom stereocenters. The molecule has 31 heavy (non-hydrogen) atoms. The van der Waals surface area contributed by atoms with Gasteiger partial charge in [-0.05, 0) is 24.6 Å². The Morgan fingerprint density at radius 3 is 2.58 bits per heavy atom. The molecule has 0 radical (unpaired) electrons. The molecule has 7 nitrogen and oxygen atoms in total. The van der Waals surface area contributed by atoms with E-state index >= 15 is 0 Å². The zero-order valence-electron chi connectivity index (χ0n) is 16.7. The number of halogens is 1. The van der Waals surface area contributed by atoms with E-state index in [1.807, 2.05) is 49.4 Å². The van der Waals surface area contributed by atoms with Gasteiger partial charge in [-0.2, -0.15) is 4.98 Å². The van der Waals surface area contributed by atoms with Crippen LogP contribution in [0.25, 0.3) is 22.8 Å². The van der Waals surface area contributed by atoms with Crippen LogP contribution in [0.15, 0.2) is 76.2 Å². The van der Waals surface area contributed by atoms with Gasteiger partial charge in [-0.15, -0.1) is 0 Å². The van der Waals surface area contributed by atoms with Crippen LogP contribution in [0.1, 0.15) is 11.1 Å². The molecule has 2 aromatic carbocycles. The Bertz CT molecular complexity index is 1280. The van der Waals surface area contributed by atoms with Crippen LogP contribution >= 0.6 is 11.6 Å². The van der Waals surface area contributed by atoms with Crippen LogP contribution < -0.4 is 10.9 Å². The van der Waals surface area contributed by atoms with Crippen molar-refractivity contribution in [2.24, 2.45) is 0 Å². The maximum Gasteiger partial charge on any atom is 0.259 e. The summed E-state index contributed by atoms with van der Waals surface area (Å²) in [5.74, 6) is 0.399. The second-order valence-corrected chi connectivity index (χ2v) is 7.45. The van der Waals surface area contributed by atoms with Crippen molar-refractivity contribution in [3.8, 4) is 22.8 Å². The van der Waals surface area contributed by atoms with Crippen molar-refractivity contribution in [2.45, 2.75) is 20.0 Å². The number of pyridine rings is 1. The Morgan fingerprint density at radius 2 is 1.81 bits per heavy atom. The fourth-order valence-corrected chi connectivity index (χ4v) is 3.19. The van der Waals surface area contributed by atoms with Crippen molar-refractivity contribution in [1.82, 2.24) is 20.0 Å². The van der Waals surface area contributed by atoms with Gasteiger partial charge in [0.05, 0.1) is 5.56 Å². The fourth-order valence-electron chi connectivity index (χ4n) is 2.99. The standard InChI is InChI=1S/C23H19ClN4O3/c1-15-6-8-16(9-7-15)22-26-23(31-27-22)18-10-11-21(30)28(13-18)14-20(29)25-12-17-4-2-3-5-19(17)24/h2-11,13H,12,14H2,1H3,(H,25,29). The number of aromatic nitrogens is 3. The van der Waals surface area contributed by atoms with E-state index < -0.39 is 0 Å². The molecule has 0 saturated carbocycles. The lowest BCUT2D eigenvalue weighted by Crippen LogP contribution is -2.31. The average molecular weight is 435 g/mol. The summed E-state index contributed by atoms with van der Waals surface area (Å²) in [6, 6.07) is 18.0. The summed E-state index contributed by atoms with van der Waals surface area (Å²) in [5, 5.41) is 7.35. The number of aryl methyl sites for hydroxylation is 1. The third kappa shape index (κ3) is 4.90. The summed E-state index contributed by atoms with van der Waals surface area (Å²) in [4.78, 5) is 29.0. The van der Waals surface area contributed by atoms with E-state index in [0.717, 1.165) is 16.7 Å². The molecule has 0 aliphatic heterocycles. The van der Waals surface area contributed by atoms with Crippen molar-refractivity contribution in [1.29, 1.82) is 0 Å². The van der Waals surface area contributed by atoms with Gasteiger partial charge in [-0.1, -0.05) is 64.8 Å². The van der Waals surface area contributed by atoms with Crippen molar-refractivity contribution >= 4 is 17.5 Å². The first kappa shape index (κ1) is 20.6. The number of nitrogens with one attached hydrogen (secondary N) is 1. The first-order valence-electron chi connectivity index (χ1n) is 9.61. The highest BCUT2D eigenvalue weighted by Gasteiger charge is 2.13. The molecule has 0 aliphatic carbocycles. The minimum absolute atomic E-state index is 0.143. The van der Waals surface area contributed by atoms with E-state index in [0.29, 0.717) is 16.4 Å². The number of amides is 1. The number of rotatable bonds is 6. The lowest BCUT2D eigenvalue weighted by Gasteiger charge is -2.09. The quantitative estimate of drug-likeness (QED) is 0.498. The number of nitrogens with zero attached hydrogens (tertiary/aromatic N) is 3. The predicted molar refractivity (Wildman–Crippen MR) is 117 cm³/mol. The molecule has 0 unspecified atom stereocenters.